The van der Waals surface area contributed by atoms with Crippen LogP contribution in [-0.4, -0.2) is 29.4 Å². The first-order chi connectivity index (χ1) is 12.2. The monoisotopic (exact) mass is 354 g/mol. The highest BCUT2D eigenvalue weighted by molar-refractivity contribution is 6.31. The second kappa shape index (κ2) is 6.81. The second-order valence-corrected chi connectivity index (χ2v) is 7.71. The van der Waals surface area contributed by atoms with Crippen molar-refractivity contribution >= 4 is 17.5 Å². The zero-order chi connectivity index (χ0) is 17.3. The maximum Gasteiger partial charge on any atom is 0.228 e. The Balaban J connectivity index is 1.40. The summed E-state index contributed by atoms with van der Waals surface area (Å²) >= 11 is 6.29. The number of carbonyl (C=O) groups is 1. The highest BCUT2D eigenvalue weighted by Gasteiger charge is 2.46. The molecule has 2 saturated heterocycles. The van der Waals surface area contributed by atoms with Crippen molar-refractivity contribution in [3.63, 3.8) is 0 Å². The van der Waals surface area contributed by atoms with Gasteiger partial charge >= 0.3 is 0 Å². The van der Waals surface area contributed by atoms with E-state index in [1.165, 1.54) is 5.56 Å². The van der Waals surface area contributed by atoms with E-state index in [-0.39, 0.29) is 17.4 Å². The SMILES string of the molecule is O=C1NC2(CCN(Cc3ccccc3Cl)CC2)CC1c1ccccc1. The van der Waals surface area contributed by atoms with E-state index >= 15 is 0 Å². The van der Waals surface area contributed by atoms with Gasteiger partial charge in [0.1, 0.15) is 0 Å². The van der Waals surface area contributed by atoms with Crippen molar-refractivity contribution in [2.45, 2.75) is 37.3 Å². The molecule has 2 aromatic rings. The van der Waals surface area contributed by atoms with Crippen LogP contribution >= 0.6 is 11.6 Å². The lowest BCUT2D eigenvalue weighted by molar-refractivity contribution is -0.121. The molecule has 1 spiro atoms. The van der Waals surface area contributed by atoms with E-state index < -0.39 is 0 Å². The van der Waals surface area contributed by atoms with E-state index in [9.17, 15) is 4.79 Å². The van der Waals surface area contributed by atoms with Crippen molar-refractivity contribution < 1.29 is 4.79 Å². The number of hydrogen-bond acceptors (Lipinski definition) is 2. The molecule has 2 heterocycles. The third kappa shape index (κ3) is 3.44. The summed E-state index contributed by atoms with van der Waals surface area (Å²) in [4.78, 5) is 15.0. The molecule has 4 rings (SSSR count). The third-order valence-corrected chi connectivity index (χ3v) is 6.04. The minimum Gasteiger partial charge on any atom is -0.350 e. The molecule has 0 aromatic heterocycles. The number of nitrogens with zero attached hydrogens (tertiary/aromatic N) is 1. The second-order valence-electron chi connectivity index (χ2n) is 7.30. The Hall–Kier alpha value is -1.84. The molecule has 3 nitrogen and oxygen atoms in total. The van der Waals surface area contributed by atoms with Gasteiger partial charge in [-0.25, -0.2) is 0 Å². The van der Waals surface area contributed by atoms with Gasteiger partial charge in [-0.1, -0.05) is 60.1 Å². The number of halogens is 1. The summed E-state index contributed by atoms with van der Waals surface area (Å²) in [6.07, 6.45) is 2.93. The Morgan fingerprint density at radius 2 is 1.72 bits per heavy atom. The summed E-state index contributed by atoms with van der Waals surface area (Å²) in [5.41, 5.74) is 2.28. The molecule has 1 unspecified atom stereocenters. The van der Waals surface area contributed by atoms with Gasteiger partial charge in [-0.15, -0.1) is 0 Å². The maximum absolute atomic E-state index is 12.5. The van der Waals surface area contributed by atoms with Crippen LogP contribution in [0.25, 0.3) is 0 Å². The number of carbonyl (C=O) groups excluding carboxylic acids is 1. The predicted molar refractivity (Wildman–Crippen MR) is 101 cm³/mol. The van der Waals surface area contributed by atoms with Gasteiger partial charge in [0.25, 0.3) is 0 Å². The van der Waals surface area contributed by atoms with Crippen molar-refractivity contribution in [1.29, 1.82) is 0 Å². The average Bonchev–Trinajstić information content (AvgIpc) is 2.96. The maximum atomic E-state index is 12.5. The first kappa shape index (κ1) is 16.6. The van der Waals surface area contributed by atoms with Gasteiger partial charge in [-0.05, 0) is 36.5 Å². The topological polar surface area (TPSA) is 32.3 Å². The van der Waals surface area contributed by atoms with Gasteiger partial charge in [0.15, 0.2) is 0 Å². The summed E-state index contributed by atoms with van der Waals surface area (Å²) in [5, 5.41) is 4.16. The van der Waals surface area contributed by atoms with Crippen LogP contribution in [0, 0.1) is 0 Å². The van der Waals surface area contributed by atoms with E-state index in [4.69, 9.17) is 11.6 Å². The summed E-state index contributed by atoms with van der Waals surface area (Å²) in [7, 11) is 0. The Bertz CT molecular complexity index is 754. The van der Waals surface area contributed by atoms with Crippen LogP contribution < -0.4 is 5.32 Å². The van der Waals surface area contributed by atoms with E-state index in [0.29, 0.717) is 0 Å². The lowest BCUT2D eigenvalue weighted by Gasteiger charge is -2.39. The molecule has 1 N–H and O–H groups in total. The number of hydrogen-bond donors (Lipinski definition) is 1. The Morgan fingerprint density at radius 3 is 2.44 bits per heavy atom. The van der Waals surface area contributed by atoms with Crippen molar-refractivity contribution in [3.8, 4) is 0 Å². The molecule has 25 heavy (non-hydrogen) atoms. The molecule has 1 amide bonds. The fourth-order valence-corrected chi connectivity index (χ4v) is 4.37. The molecule has 2 fully saturated rings. The van der Waals surface area contributed by atoms with Crippen molar-refractivity contribution in [3.05, 3.63) is 70.7 Å². The van der Waals surface area contributed by atoms with Crippen molar-refractivity contribution in [1.82, 2.24) is 10.2 Å². The van der Waals surface area contributed by atoms with Gasteiger partial charge in [0, 0.05) is 30.2 Å². The molecule has 2 aliphatic heterocycles. The van der Waals surface area contributed by atoms with Crippen LogP contribution in [0.4, 0.5) is 0 Å². The Kier molecular flexibility index (Phi) is 4.53. The Morgan fingerprint density at radius 1 is 1.04 bits per heavy atom. The number of benzene rings is 2. The smallest absolute Gasteiger partial charge is 0.228 e. The van der Waals surface area contributed by atoms with Crippen LogP contribution in [0.5, 0.6) is 0 Å². The normalized spacial score (nSPS) is 22.9. The lowest BCUT2D eigenvalue weighted by Crippen LogP contribution is -2.50. The molecule has 0 radical (unpaired) electrons. The van der Waals surface area contributed by atoms with Crippen LogP contribution in [0.3, 0.4) is 0 Å². The number of likely N-dealkylation sites (tertiary alicyclic amines) is 1. The fraction of sp³-hybridized carbons (Fsp3) is 0.381. The van der Waals surface area contributed by atoms with Gasteiger partial charge in [-0.2, -0.15) is 0 Å². The van der Waals surface area contributed by atoms with Gasteiger partial charge in [0.05, 0.1) is 5.92 Å². The quantitative estimate of drug-likeness (QED) is 0.904. The fourth-order valence-electron chi connectivity index (χ4n) is 4.17. The molecular weight excluding hydrogens is 332 g/mol. The highest BCUT2D eigenvalue weighted by atomic mass is 35.5. The minimum atomic E-state index is -0.0332. The zero-order valence-electron chi connectivity index (χ0n) is 14.2. The molecule has 1 atom stereocenters. The molecule has 130 valence electrons. The summed E-state index contributed by atoms with van der Waals surface area (Å²) < 4.78 is 0. The molecule has 2 aromatic carbocycles. The summed E-state index contributed by atoms with van der Waals surface area (Å²) in [6.45, 7) is 2.87. The van der Waals surface area contributed by atoms with E-state index in [0.717, 1.165) is 49.5 Å². The van der Waals surface area contributed by atoms with Crippen LogP contribution in [0.1, 0.15) is 36.3 Å². The molecule has 0 bridgehead atoms. The Labute approximate surface area is 154 Å². The van der Waals surface area contributed by atoms with Gasteiger partial charge in [0.2, 0.25) is 5.91 Å². The zero-order valence-corrected chi connectivity index (χ0v) is 15.0. The van der Waals surface area contributed by atoms with E-state index in [1.54, 1.807) is 0 Å². The van der Waals surface area contributed by atoms with Crippen molar-refractivity contribution in [2.24, 2.45) is 0 Å². The predicted octanol–water partition coefficient (Wildman–Crippen LogP) is 3.98. The third-order valence-electron chi connectivity index (χ3n) is 5.67. The molecule has 4 heteroatoms. The largest absolute Gasteiger partial charge is 0.350 e. The molecule has 0 aliphatic carbocycles. The number of piperidine rings is 1. The van der Waals surface area contributed by atoms with Crippen molar-refractivity contribution in [2.75, 3.05) is 13.1 Å². The highest BCUT2D eigenvalue weighted by Crippen LogP contribution is 2.39. The van der Waals surface area contributed by atoms with Crippen LogP contribution in [-0.2, 0) is 11.3 Å². The summed E-state index contributed by atoms with van der Waals surface area (Å²) in [5.74, 6) is 0.182. The minimum absolute atomic E-state index is 0.00341. The van der Waals surface area contributed by atoms with E-state index in [2.05, 4.69) is 28.4 Å². The first-order valence-corrected chi connectivity index (χ1v) is 9.36. The number of nitrogens with one attached hydrogen (secondary N) is 1. The molecular formula is C21H23ClN2O. The number of rotatable bonds is 3. The lowest BCUT2D eigenvalue weighted by atomic mass is 9.82. The molecule has 2 aliphatic rings. The van der Waals surface area contributed by atoms with E-state index in [1.807, 2.05) is 36.4 Å². The first-order valence-electron chi connectivity index (χ1n) is 8.98. The van der Waals surface area contributed by atoms with Gasteiger partial charge < -0.3 is 5.32 Å². The average molecular weight is 355 g/mol. The molecule has 0 saturated carbocycles. The van der Waals surface area contributed by atoms with Crippen LogP contribution in [0.2, 0.25) is 5.02 Å². The number of amides is 1. The standard InChI is InChI=1S/C21H23ClN2O/c22-19-9-5-4-8-17(19)15-24-12-10-21(11-13-24)14-18(20(25)23-21)16-6-2-1-3-7-16/h1-9,18H,10-15H2,(H,23,25). The van der Waals surface area contributed by atoms with Gasteiger partial charge in [-0.3, -0.25) is 9.69 Å². The summed E-state index contributed by atoms with van der Waals surface area (Å²) in [6, 6.07) is 18.2. The van der Waals surface area contributed by atoms with Crippen LogP contribution in [0.15, 0.2) is 54.6 Å².